The van der Waals surface area contributed by atoms with Gasteiger partial charge in [0.15, 0.2) is 0 Å². The third-order valence-corrected chi connectivity index (χ3v) is 1.58. The molecular formula is C5H10LiO5S. The summed E-state index contributed by atoms with van der Waals surface area (Å²) in [6.45, 7) is 1.31. The van der Waals surface area contributed by atoms with Crippen molar-refractivity contribution in [1.29, 1.82) is 0 Å². The van der Waals surface area contributed by atoms with E-state index in [4.69, 9.17) is 4.55 Å². The molecule has 0 fully saturated rings. The van der Waals surface area contributed by atoms with Crippen LogP contribution in [-0.2, 0) is 19.6 Å². The Morgan fingerprint density at radius 3 is 2.33 bits per heavy atom. The number of carbonyl (C=O) groups excluding carboxylic acids is 1. The van der Waals surface area contributed by atoms with Crippen LogP contribution in [0.4, 0.5) is 0 Å². The molecule has 0 saturated carbocycles. The van der Waals surface area contributed by atoms with Crippen molar-refractivity contribution in [1.82, 2.24) is 0 Å². The predicted molar refractivity (Wildman–Crippen MR) is 43.4 cm³/mol. The first kappa shape index (κ1) is 14.5. The molecule has 12 heavy (non-hydrogen) atoms. The molecule has 0 spiro atoms. The van der Waals surface area contributed by atoms with E-state index >= 15 is 0 Å². The first-order valence-electron chi connectivity index (χ1n) is 3.06. The fraction of sp³-hybridized carbons (Fsp3) is 0.800. The molecule has 0 heterocycles. The van der Waals surface area contributed by atoms with Crippen LogP contribution in [0.15, 0.2) is 0 Å². The van der Waals surface area contributed by atoms with Crippen molar-refractivity contribution in [2.24, 2.45) is 0 Å². The Morgan fingerprint density at radius 1 is 1.50 bits per heavy atom. The summed E-state index contributed by atoms with van der Waals surface area (Å²) in [7, 11) is -4.01. The Labute approximate surface area is 83.4 Å². The summed E-state index contributed by atoms with van der Waals surface area (Å²) < 4.78 is 32.7. The topological polar surface area (TPSA) is 80.7 Å². The molecule has 5 nitrogen and oxygen atoms in total. The van der Waals surface area contributed by atoms with Gasteiger partial charge in [0.1, 0.15) is 12.4 Å². The van der Waals surface area contributed by atoms with E-state index in [9.17, 15) is 13.2 Å². The molecule has 1 radical (unpaired) electrons. The van der Waals surface area contributed by atoms with Gasteiger partial charge in [-0.2, -0.15) is 8.42 Å². The fourth-order valence-corrected chi connectivity index (χ4v) is 0.657. The van der Waals surface area contributed by atoms with Gasteiger partial charge in [0.25, 0.3) is 10.1 Å². The number of ether oxygens (including phenoxy) is 1. The molecule has 0 aliphatic carbocycles. The molecule has 0 aromatic rings. The summed E-state index contributed by atoms with van der Waals surface area (Å²) in [6.07, 6.45) is 0.200. The van der Waals surface area contributed by atoms with E-state index in [1.54, 1.807) is 6.92 Å². The summed E-state index contributed by atoms with van der Waals surface area (Å²) in [6, 6.07) is 0. The normalized spacial score (nSPS) is 10.2. The maximum Gasteiger partial charge on any atom is 0.305 e. The van der Waals surface area contributed by atoms with Crippen molar-refractivity contribution in [3.05, 3.63) is 0 Å². The van der Waals surface area contributed by atoms with Crippen molar-refractivity contribution < 1.29 is 22.5 Å². The van der Waals surface area contributed by atoms with Crippen LogP contribution in [0.1, 0.15) is 13.3 Å². The number of hydrogen-bond donors (Lipinski definition) is 1. The SMILES string of the molecule is CCC(=O)OCCS(=O)(=O)O.[Li]. The van der Waals surface area contributed by atoms with Crippen LogP contribution < -0.4 is 0 Å². The van der Waals surface area contributed by atoms with Crippen LogP contribution in [0, 0.1) is 0 Å². The van der Waals surface area contributed by atoms with Gasteiger partial charge in [0.2, 0.25) is 0 Å². The van der Waals surface area contributed by atoms with Gasteiger partial charge in [-0.3, -0.25) is 9.35 Å². The summed E-state index contributed by atoms with van der Waals surface area (Å²) in [4.78, 5) is 10.4. The Balaban J connectivity index is 0. The van der Waals surface area contributed by atoms with Gasteiger partial charge >= 0.3 is 5.97 Å². The molecule has 0 unspecified atom stereocenters. The van der Waals surface area contributed by atoms with Gasteiger partial charge in [-0.15, -0.1) is 0 Å². The van der Waals surface area contributed by atoms with Gasteiger partial charge in [0.05, 0.1) is 0 Å². The first-order valence-corrected chi connectivity index (χ1v) is 4.67. The van der Waals surface area contributed by atoms with E-state index in [-0.39, 0.29) is 31.9 Å². The number of esters is 1. The zero-order chi connectivity index (χ0) is 8.91. The Morgan fingerprint density at radius 2 is 2.00 bits per heavy atom. The molecule has 0 aromatic heterocycles. The fourth-order valence-electron chi connectivity index (χ4n) is 0.363. The van der Waals surface area contributed by atoms with Gasteiger partial charge in [-0.05, 0) is 0 Å². The molecule has 1 N–H and O–H groups in total. The average molecular weight is 189 g/mol. The number of carbonyl (C=O) groups is 1. The molecule has 0 amide bonds. The van der Waals surface area contributed by atoms with Crippen molar-refractivity contribution >= 4 is 34.9 Å². The third kappa shape index (κ3) is 9.98. The molecule has 7 heteroatoms. The number of rotatable bonds is 4. The minimum Gasteiger partial charge on any atom is -0.465 e. The smallest absolute Gasteiger partial charge is 0.305 e. The van der Waals surface area contributed by atoms with Crippen LogP contribution >= 0.6 is 0 Å². The zero-order valence-corrected chi connectivity index (χ0v) is 7.93. The minimum atomic E-state index is -4.01. The van der Waals surface area contributed by atoms with Crippen LogP contribution in [0.5, 0.6) is 0 Å². The monoisotopic (exact) mass is 189 g/mol. The van der Waals surface area contributed by atoms with E-state index in [2.05, 4.69) is 4.74 Å². The van der Waals surface area contributed by atoms with Crippen molar-refractivity contribution in [2.45, 2.75) is 13.3 Å². The molecule has 0 saturated heterocycles. The summed E-state index contributed by atoms with van der Waals surface area (Å²) in [5, 5.41) is 0. The number of hydrogen-bond acceptors (Lipinski definition) is 4. The summed E-state index contributed by atoms with van der Waals surface area (Å²) in [5.41, 5.74) is 0. The van der Waals surface area contributed by atoms with Crippen LogP contribution in [0.2, 0.25) is 0 Å². The first-order chi connectivity index (χ1) is 4.95. The Bertz CT molecular complexity index is 222. The third-order valence-electron chi connectivity index (χ3n) is 0.893. The summed E-state index contributed by atoms with van der Waals surface area (Å²) in [5.74, 6) is -1.02. The van der Waals surface area contributed by atoms with Crippen molar-refractivity contribution in [3.63, 3.8) is 0 Å². The van der Waals surface area contributed by atoms with Gasteiger partial charge in [-0.1, -0.05) is 6.92 Å². The summed E-state index contributed by atoms with van der Waals surface area (Å²) >= 11 is 0. The second-order valence-electron chi connectivity index (χ2n) is 1.86. The molecule has 0 bridgehead atoms. The van der Waals surface area contributed by atoms with Gasteiger partial charge < -0.3 is 4.74 Å². The van der Waals surface area contributed by atoms with E-state index in [0.717, 1.165) is 0 Å². The second-order valence-corrected chi connectivity index (χ2v) is 3.43. The molecule has 0 aliphatic heterocycles. The van der Waals surface area contributed by atoms with E-state index in [1.165, 1.54) is 0 Å². The molecule has 67 valence electrons. The Kier molecular flexibility index (Phi) is 7.84. The van der Waals surface area contributed by atoms with Gasteiger partial charge in [-0.25, -0.2) is 0 Å². The second kappa shape index (κ2) is 6.49. The molecular weight excluding hydrogens is 179 g/mol. The zero-order valence-electron chi connectivity index (χ0n) is 7.11. The quantitative estimate of drug-likeness (QED) is 0.364. The van der Waals surface area contributed by atoms with Crippen LogP contribution in [-0.4, -0.2) is 50.2 Å². The van der Waals surface area contributed by atoms with E-state index in [1.807, 2.05) is 0 Å². The maximum atomic E-state index is 10.4. The van der Waals surface area contributed by atoms with E-state index < -0.39 is 21.8 Å². The Hall–Kier alpha value is -0.0226. The minimum absolute atomic E-state index is 0. The average Bonchev–Trinajstić information content (AvgIpc) is 1.85. The van der Waals surface area contributed by atoms with Crippen LogP contribution in [0.3, 0.4) is 0 Å². The molecule has 0 atom stereocenters. The molecule has 0 rings (SSSR count). The van der Waals surface area contributed by atoms with Crippen molar-refractivity contribution in [3.8, 4) is 0 Å². The van der Waals surface area contributed by atoms with Crippen LogP contribution in [0.25, 0.3) is 0 Å². The molecule has 0 aromatic carbocycles. The van der Waals surface area contributed by atoms with E-state index in [0.29, 0.717) is 0 Å². The predicted octanol–water partition coefficient (Wildman–Crippen LogP) is -0.553. The van der Waals surface area contributed by atoms with Crippen molar-refractivity contribution in [2.75, 3.05) is 12.4 Å². The standard InChI is InChI=1S/C5H10O5S.Li/c1-2-5(6)10-3-4-11(7,8)9;/h2-4H2,1H3,(H,7,8,9);. The molecule has 0 aliphatic rings. The largest absolute Gasteiger partial charge is 0.465 e. The maximum absolute atomic E-state index is 10.4. The van der Waals surface area contributed by atoms with Gasteiger partial charge in [0, 0.05) is 25.3 Å².